The second kappa shape index (κ2) is 6.34. The van der Waals surface area contributed by atoms with Crippen LogP contribution < -0.4 is 10.0 Å². The average molecular weight is 285 g/mol. The quantitative estimate of drug-likeness (QED) is 0.841. The molecule has 6 heteroatoms. The Labute approximate surface area is 115 Å². The Balaban J connectivity index is 2.83. The van der Waals surface area contributed by atoms with Crippen molar-refractivity contribution in [3.8, 4) is 0 Å². The Morgan fingerprint density at radius 2 is 2.00 bits per heavy atom. The molecule has 0 unspecified atom stereocenters. The standard InChI is InChI=1S/C13H23N3O2S/c1-5-14-11-7-6-9-15-12(11)19(17,18)16-10-8-13(2,3)4/h6-7,9,14,16H,5,8,10H2,1-4H3. The zero-order chi connectivity index (χ0) is 14.5. The van der Waals surface area contributed by atoms with E-state index in [0.717, 1.165) is 6.42 Å². The van der Waals surface area contributed by atoms with Crippen LogP contribution in [-0.4, -0.2) is 26.5 Å². The van der Waals surface area contributed by atoms with Crippen LogP contribution in [0.4, 0.5) is 5.69 Å². The molecule has 0 bridgehead atoms. The van der Waals surface area contributed by atoms with Gasteiger partial charge in [-0.1, -0.05) is 20.8 Å². The van der Waals surface area contributed by atoms with Gasteiger partial charge in [-0.2, -0.15) is 0 Å². The summed E-state index contributed by atoms with van der Waals surface area (Å²) in [5, 5.41) is 3.07. The predicted octanol–water partition coefficient (Wildman–Crippen LogP) is 2.23. The summed E-state index contributed by atoms with van der Waals surface area (Å²) in [6.45, 7) is 9.20. The van der Waals surface area contributed by atoms with Crippen LogP contribution in [0.5, 0.6) is 0 Å². The van der Waals surface area contributed by atoms with Crippen molar-refractivity contribution < 1.29 is 8.42 Å². The van der Waals surface area contributed by atoms with Crippen molar-refractivity contribution in [1.29, 1.82) is 0 Å². The van der Waals surface area contributed by atoms with Gasteiger partial charge in [0.1, 0.15) is 0 Å². The molecule has 1 heterocycles. The van der Waals surface area contributed by atoms with E-state index in [1.54, 1.807) is 12.1 Å². The summed E-state index contributed by atoms with van der Waals surface area (Å²) < 4.78 is 27.0. The van der Waals surface area contributed by atoms with E-state index in [9.17, 15) is 8.42 Å². The highest BCUT2D eigenvalue weighted by atomic mass is 32.2. The first kappa shape index (κ1) is 15.9. The summed E-state index contributed by atoms with van der Waals surface area (Å²) >= 11 is 0. The lowest BCUT2D eigenvalue weighted by atomic mass is 9.93. The number of anilines is 1. The van der Waals surface area contributed by atoms with Crippen molar-refractivity contribution in [2.45, 2.75) is 39.1 Å². The molecule has 1 aromatic rings. The molecule has 0 fully saturated rings. The fourth-order valence-corrected chi connectivity index (χ4v) is 2.70. The molecule has 1 rings (SSSR count). The molecule has 0 saturated carbocycles. The molecule has 0 spiro atoms. The van der Waals surface area contributed by atoms with Gasteiger partial charge in [0.25, 0.3) is 10.0 Å². The molecular formula is C13H23N3O2S. The third kappa shape index (κ3) is 5.16. The number of rotatable bonds is 6. The Morgan fingerprint density at radius 3 is 2.58 bits per heavy atom. The molecule has 0 atom stereocenters. The third-order valence-electron chi connectivity index (χ3n) is 2.56. The summed E-state index contributed by atoms with van der Waals surface area (Å²) in [6.07, 6.45) is 2.26. The molecule has 1 aromatic heterocycles. The lowest BCUT2D eigenvalue weighted by Crippen LogP contribution is -2.28. The van der Waals surface area contributed by atoms with E-state index in [1.165, 1.54) is 6.20 Å². The zero-order valence-electron chi connectivity index (χ0n) is 12.0. The largest absolute Gasteiger partial charge is 0.383 e. The van der Waals surface area contributed by atoms with E-state index in [-0.39, 0.29) is 10.4 Å². The first-order valence-corrected chi connectivity index (χ1v) is 7.93. The maximum atomic E-state index is 12.2. The highest BCUT2D eigenvalue weighted by Gasteiger charge is 2.20. The summed E-state index contributed by atoms with van der Waals surface area (Å²) in [5.74, 6) is 0. The lowest BCUT2D eigenvalue weighted by molar-refractivity contribution is 0.378. The third-order valence-corrected chi connectivity index (χ3v) is 3.98. The Kier molecular flexibility index (Phi) is 5.31. The van der Waals surface area contributed by atoms with E-state index >= 15 is 0 Å². The molecule has 2 N–H and O–H groups in total. The summed E-state index contributed by atoms with van der Waals surface area (Å²) in [4.78, 5) is 3.97. The maximum absolute atomic E-state index is 12.2. The second-order valence-electron chi connectivity index (χ2n) is 5.59. The minimum absolute atomic E-state index is 0.0609. The number of nitrogens with zero attached hydrogens (tertiary/aromatic N) is 1. The van der Waals surface area contributed by atoms with Crippen LogP contribution in [0.2, 0.25) is 0 Å². The van der Waals surface area contributed by atoms with E-state index in [1.807, 2.05) is 6.92 Å². The summed E-state index contributed by atoms with van der Waals surface area (Å²) in [5.41, 5.74) is 0.630. The lowest BCUT2D eigenvalue weighted by Gasteiger charge is -2.18. The molecule has 19 heavy (non-hydrogen) atoms. The summed E-state index contributed by atoms with van der Waals surface area (Å²) in [7, 11) is -3.56. The molecule has 0 aliphatic heterocycles. The van der Waals surface area contributed by atoms with Crippen LogP contribution in [0.3, 0.4) is 0 Å². The van der Waals surface area contributed by atoms with Crippen molar-refractivity contribution in [3.05, 3.63) is 18.3 Å². The van der Waals surface area contributed by atoms with Crippen LogP contribution in [-0.2, 0) is 10.0 Å². The van der Waals surface area contributed by atoms with Gasteiger partial charge in [0.05, 0.1) is 5.69 Å². The first-order chi connectivity index (χ1) is 8.76. The van der Waals surface area contributed by atoms with Crippen molar-refractivity contribution in [3.63, 3.8) is 0 Å². The molecule has 0 aliphatic carbocycles. The first-order valence-electron chi connectivity index (χ1n) is 6.45. The van der Waals surface area contributed by atoms with Gasteiger partial charge in [-0.25, -0.2) is 18.1 Å². The SMILES string of the molecule is CCNc1cccnc1S(=O)(=O)NCCC(C)(C)C. The fourth-order valence-electron chi connectivity index (χ4n) is 1.56. The Bertz CT molecular complexity index is 507. The molecule has 0 amide bonds. The molecule has 108 valence electrons. The number of aromatic nitrogens is 1. The van der Waals surface area contributed by atoms with Gasteiger partial charge in [0, 0.05) is 19.3 Å². The molecule has 5 nitrogen and oxygen atoms in total. The predicted molar refractivity (Wildman–Crippen MR) is 77.7 cm³/mol. The highest BCUT2D eigenvalue weighted by Crippen LogP contribution is 2.20. The van der Waals surface area contributed by atoms with Crippen LogP contribution in [0.15, 0.2) is 23.4 Å². The number of pyridine rings is 1. The normalized spacial score (nSPS) is 12.4. The maximum Gasteiger partial charge on any atom is 0.260 e. The topological polar surface area (TPSA) is 71.1 Å². The molecule has 0 saturated heterocycles. The minimum atomic E-state index is -3.56. The van der Waals surface area contributed by atoms with Gasteiger partial charge >= 0.3 is 0 Å². The van der Waals surface area contributed by atoms with Gasteiger partial charge in [0.2, 0.25) is 0 Å². The zero-order valence-corrected chi connectivity index (χ0v) is 12.8. The van der Waals surface area contributed by atoms with Crippen LogP contribution in [0.1, 0.15) is 34.1 Å². The highest BCUT2D eigenvalue weighted by molar-refractivity contribution is 7.89. The molecule has 0 radical (unpaired) electrons. The van der Waals surface area contributed by atoms with E-state index < -0.39 is 10.0 Å². The summed E-state index contributed by atoms with van der Waals surface area (Å²) in [6, 6.07) is 3.43. The van der Waals surface area contributed by atoms with E-state index in [4.69, 9.17) is 0 Å². The van der Waals surface area contributed by atoms with Crippen molar-refractivity contribution in [2.75, 3.05) is 18.4 Å². The molecular weight excluding hydrogens is 262 g/mol. The van der Waals surface area contributed by atoms with Gasteiger partial charge in [-0.05, 0) is 30.9 Å². The van der Waals surface area contributed by atoms with E-state index in [2.05, 4.69) is 35.8 Å². The van der Waals surface area contributed by atoms with Gasteiger partial charge in [-0.15, -0.1) is 0 Å². The average Bonchev–Trinajstić information content (AvgIpc) is 2.28. The van der Waals surface area contributed by atoms with Gasteiger partial charge in [-0.3, -0.25) is 0 Å². The fraction of sp³-hybridized carbons (Fsp3) is 0.615. The van der Waals surface area contributed by atoms with Crippen LogP contribution in [0, 0.1) is 5.41 Å². The second-order valence-corrected chi connectivity index (χ2v) is 7.28. The number of nitrogens with one attached hydrogen (secondary N) is 2. The Morgan fingerprint density at radius 1 is 1.32 bits per heavy atom. The van der Waals surface area contributed by atoms with E-state index in [0.29, 0.717) is 18.8 Å². The number of hydrogen-bond acceptors (Lipinski definition) is 4. The van der Waals surface area contributed by atoms with Crippen molar-refractivity contribution in [1.82, 2.24) is 9.71 Å². The monoisotopic (exact) mass is 285 g/mol. The number of hydrogen-bond donors (Lipinski definition) is 2. The van der Waals surface area contributed by atoms with Crippen molar-refractivity contribution >= 4 is 15.7 Å². The minimum Gasteiger partial charge on any atom is -0.383 e. The molecule has 0 aliphatic rings. The molecule has 0 aromatic carbocycles. The van der Waals surface area contributed by atoms with Gasteiger partial charge < -0.3 is 5.32 Å². The van der Waals surface area contributed by atoms with Gasteiger partial charge in [0.15, 0.2) is 5.03 Å². The van der Waals surface area contributed by atoms with Crippen LogP contribution in [0.25, 0.3) is 0 Å². The number of sulfonamides is 1. The smallest absolute Gasteiger partial charge is 0.260 e. The van der Waals surface area contributed by atoms with Crippen LogP contribution >= 0.6 is 0 Å². The van der Waals surface area contributed by atoms with Crippen molar-refractivity contribution in [2.24, 2.45) is 5.41 Å². The Hall–Kier alpha value is -1.14.